The number of carbonyl (C=O) groups excluding carboxylic acids is 1. The van der Waals surface area contributed by atoms with Gasteiger partial charge in [0, 0.05) is 32.4 Å². The van der Waals surface area contributed by atoms with E-state index in [2.05, 4.69) is 4.98 Å². The van der Waals surface area contributed by atoms with Crippen molar-refractivity contribution in [1.29, 1.82) is 0 Å². The molecule has 1 aliphatic rings. The van der Waals surface area contributed by atoms with Crippen LogP contribution in [0.15, 0.2) is 18.3 Å². The second-order valence-corrected chi connectivity index (χ2v) is 5.77. The molecule has 2 heterocycles. The van der Waals surface area contributed by atoms with Crippen LogP contribution in [0.4, 0.5) is 14.9 Å². The summed E-state index contributed by atoms with van der Waals surface area (Å²) in [6, 6.07) is 3.41. The first kappa shape index (κ1) is 14.6. The minimum atomic E-state index is -0.496. The van der Waals surface area contributed by atoms with Crippen LogP contribution in [0, 0.1) is 5.95 Å². The lowest BCUT2D eigenvalue weighted by molar-refractivity contribution is 0.0240. The van der Waals surface area contributed by atoms with Gasteiger partial charge in [-0.2, -0.15) is 4.39 Å². The Labute approximate surface area is 118 Å². The Kier molecular flexibility index (Phi) is 4.11. The van der Waals surface area contributed by atoms with Crippen LogP contribution in [0.5, 0.6) is 0 Å². The summed E-state index contributed by atoms with van der Waals surface area (Å²) in [5.41, 5.74) is -0.0136. The Morgan fingerprint density at radius 3 is 2.50 bits per heavy atom. The van der Waals surface area contributed by atoms with Gasteiger partial charge in [-0.3, -0.25) is 0 Å². The number of carbonyl (C=O) groups is 1. The number of ether oxygens (including phenoxy) is 1. The number of aromatic nitrogens is 1. The highest BCUT2D eigenvalue weighted by Gasteiger charge is 2.26. The molecule has 1 amide bonds. The van der Waals surface area contributed by atoms with Gasteiger partial charge in [0.2, 0.25) is 5.95 Å². The summed E-state index contributed by atoms with van der Waals surface area (Å²) >= 11 is 0. The standard InChI is InChI=1S/C14H20FN3O2/c1-14(2,3)20-13(19)18-9-7-17(8-10-18)11-5-4-6-16-12(11)15/h4-6H,7-10H2,1-3H3. The Hall–Kier alpha value is -1.85. The first-order chi connectivity index (χ1) is 9.37. The Morgan fingerprint density at radius 1 is 1.30 bits per heavy atom. The predicted octanol–water partition coefficient (Wildman–Crippen LogP) is 2.28. The van der Waals surface area contributed by atoms with Gasteiger partial charge in [0.15, 0.2) is 0 Å². The zero-order chi connectivity index (χ0) is 14.8. The van der Waals surface area contributed by atoms with Gasteiger partial charge >= 0.3 is 6.09 Å². The number of anilines is 1. The molecular weight excluding hydrogens is 261 g/mol. The van der Waals surface area contributed by atoms with Crippen molar-refractivity contribution >= 4 is 11.8 Å². The van der Waals surface area contributed by atoms with E-state index in [0.717, 1.165) is 0 Å². The van der Waals surface area contributed by atoms with Gasteiger partial charge in [-0.25, -0.2) is 9.78 Å². The number of amides is 1. The van der Waals surface area contributed by atoms with Crippen molar-refractivity contribution in [2.75, 3.05) is 31.1 Å². The van der Waals surface area contributed by atoms with Crippen molar-refractivity contribution in [3.63, 3.8) is 0 Å². The summed E-state index contributed by atoms with van der Waals surface area (Å²) in [7, 11) is 0. The van der Waals surface area contributed by atoms with Gasteiger partial charge in [-0.1, -0.05) is 0 Å². The number of nitrogens with zero attached hydrogens (tertiary/aromatic N) is 3. The van der Waals surface area contributed by atoms with Crippen LogP contribution in [0.25, 0.3) is 0 Å². The Balaban J connectivity index is 1.93. The third kappa shape index (κ3) is 3.59. The zero-order valence-electron chi connectivity index (χ0n) is 12.1. The molecule has 1 aromatic rings. The Morgan fingerprint density at radius 2 is 1.95 bits per heavy atom. The van der Waals surface area contributed by atoms with Crippen LogP contribution in [0.1, 0.15) is 20.8 Å². The number of rotatable bonds is 1. The van der Waals surface area contributed by atoms with Gasteiger partial charge < -0.3 is 14.5 Å². The highest BCUT2D eigenvalue weighted by atomic mass is 19.1. The largest absolute Gasteiger partial charge is 0.444 e. The van der Waals surface area contributed by atoms with E-state index < -0.39 is 11.5 Å². The quantitative estimate of drug-likeness (QED) is 0.741. The number of hydrogen-bond donors (Lipinski definition) is 0. The summed E-state index contributed by atoms with van der Waals surface area (Å²) in [5.74, 6) is -0.474. The summed E-state index contributed by atoms with van der Waals surface area (Å²) < 4.78 is 18.9. The Bertz CT molecular complexity index is 480. The summed E-state index contributed by atoms with van der Waals surface area (Å²) in [6.45, 7) is 7.70. The minimum absolute atomic E-state index is 0.316. The molecule has 0 aromatic carbocycles. The van der Waals surface area contributed by atoms with E-state index in [1.54, 1.807) is 17.0 Å². The second-order valence-electron chi connectivity index (χ2n) is 5.77. The fourth-order valence-corrected chi connectivity index (χ4v) is 2.07. The van der Waals surface area contributed by atoms with Crippen molar-refractivity contribution in [1.82, 2.24) is 9.88 Å². The van der Waals surface area contributed by atoms with Crippen LogP contribution in [0.3, 0.4) is 0 Å². The van der Waals surface area contributed by atoms with Crippen LogP contribution < -0.4 is 4.90 Å². The molecule has 1 aromatic heterocycles. The molecule has 1 aliphatic heterocycles. The first-order valence-electron chi connectivity index (χ1n) is 6.70. The van der Waals surface area contributed by atoms with Crippen LogP contribution in [-0.2, 0) is 4.74 Å². The van der Waals surface area contributed by atoms with Gasteiger partial charge in [0.25, 0.3) is 0 Å². The fraction of sp³-hybridized carbons (Fsp3) is 0.571. The van der Waals surface area contributed by atoms with E-state index in [1.165, 1.54) is 6.20 Å². The zero-order valence-corrected chi connectivity index (χ0v) is 12.1. The van der Waals surface area contributed by atoms with E-state index in [9.17, 15) is 9.18 Å². The minimum Gasteiger partial charge on any atom is -0.444 e. The van der Waals surface area contributed by atoms with Crippen molar-refractivity contribution in [2.24, 2.45) is 0 Å². The van der Waals surface area contributed by atoms with Crippen molar-refractivity contribution in [3.05, 3.63) is 24.3 Å². The second kappa shape index (κ2) is 5.64. The summed E-state index contributed by atoms with van der Waals surface area (Å²) in [6.07, 6.45) is 1.11. The van der Waals surface area contributed by atoms with Crippen LogP contribution in [0.2, 0.25) is 0 Å². The molecule has 0 unspecified atom stereocenters. The molecule has 20 heavy (non-hydrogen) atoms. The topological polar surface area (TPSA) is 45.7 Å². The average molecular weight is 281 g/mol. The third-order valence-electron chi connectivity index (χ3n) is 3.01. The number of halogens is 1. The molecule has 0 N–H and O–H groups in total. The first-order valence-corrected chi connectivity index (χ1v) is 6.70. The van der Waals surface area contributed by atoms with E-state index in [-0.39, 0.29) is 6.09 Å². The van der Waals surface area contributed by atoms with Gasteiger partial charge in [0.1, 0.15) is 5.60 Å². The monoisotopic (exact) mass is 281 g/mol. The van der Waals surface area contributed by atoms with Crippen LogP contribution >= 0.6 is 0 Å². The van der Waals surface area contributed by atoms with Crippen molar-refractivity contribution in [2.45, 2.75) is 26.4 Å². The highest BCUT2D eigenvalue weighted by molar-refractivity contribution is 5.68. The van der Waals surface area contributed by atoms with E-state index >= 15 is 0 Å². The molecule has 6 heteroatoms. The predicted molar refractivity (Wildman–Crippen MR) is 74.2 cm³/mol. The molecule has 110 valence electrons. The molecule has 0 aliphatic carbocycles. The maximum atomic E-state index is 13.6. The van der Waals surface area contributed by atoms with Crippen molar-refractivity contribution < 1.29 is 13.9 Å². The summed E-state index contributed by atoms with van der Waals surface area (Å²) in [5, 5.41) is 0. The average Bonchev–Trinajstić information content (AvgIpc) is 2.37. The SMILES string of the molecule is CC(C)(C)OC(=O)N1CCN(c2cccnc2F)CC1. The normalized spacial score (nSPS) is 16.2. The number of pyridine rings is 1. The fourth-order valence-electron chi connectivity index (χ4n) is 2.07. The highest BCUT2D eigenvalue weighted by Crippen LogP contribution is 2.19. The molecule has 0 bridgehead atoms. The van der Waals surface area contributed by atoms with E-state index in [4.69, 9.17) is 4.74 Å². The molecule has 0 spiro atoms. The van der Waals surface area contributed by atoms with Gasteiger partial charge in [-0.15, -0.1) is 0 Å². The summed E-state index contributed by atoms with van der Waals surface area (Å²) in [4.78, 5) is 19.1. The lowest BCUT2D eigenvalue weighted by atomic mass is 10.2. The van der Waals surface area contributed by atoms with Gasteiger partial charge in [0.05, 0.1) is 5.69 Å². The lowest BCUT2D eigenvalue weighted by Crippen LogP contribution is -2.50. The smallest absolute Gasteiger partial charge is 0.410 e. The molecule has 2 rings (SSSR count). The number of hydrogen-bond acceptors (Lipinski definition) is 4. The molecule has 5 nitrogen and oxygen atoms in total. The molecule has 1 saturated heterocycles. The molecule has 1 fully saturated rings. The number of piperazine rings is 1. The molecular formula is C14H20FN3O2. The molecule has 0 saturated carbocycles. The lowest BCUT2D eigenvalue weighted by Gasteiger charge is -2.36. The third-order valence-corrected chi connectivity index (χ3v) is 3.01. The maximum absolute atomic E-state index is 13.6. The van der Waals surface area contributed by atoms with Crippen molar-refractivity contribution in [3.8, 4) is 0 Å². The van der Waals surface area contributed by atoms with Gasteiger partial charge in [-0.05, 0) is 32.9 Å². The maximum Gasteiger partial charge on any atom is 0.410 e. The van der Waals surface area contributed by atoms with E-state index in [0.29, 0.717) is 31.9 Å². The van der Waals surface area contributed by atoms with E-state index in [1.807, 2.05) is 25.7 Å². The van der Waals surface area contributed by atoms with Crippen LogP contribution in [-0.4, -0.2) is 47.8 Å². The molecule has 0 radical (unpaired) electrons. The molecule has 0 atom stereocenters.